The highest BCUT2D eigenvalue weighted by atomic mass is 16.4. The molecule has 1 saturated heterocycles. The fourth-order valence-corrected chi connectivity index (χ4v) is 3.66. The topological polar surface area (TPSA) is 97.3 Å². The molecule has 0 aromatic carbocycles. The molecule has 8 nitrogen and oxygen atoms in total. The second kappa shape index (κ2) is 6.53. The molecule has 0 amide bonds. The number of hydrogen-bond acceptors (Lipinski definition) is 5. The Bertz CT molecular complexity index is 960. The first kappa shape index (κ1) is 16.7. The smallest absolute Gasteiger partial charge is 0.320 e. The summed E-state index contributed by atoms with van der Waals surface area (Å²) in [6.07, 6.45) is 7.89. The second-order valence-corrected chi connectivity index (χ2v) is 6.93. The number of rotatable bonds is 3. The van der Waals surface area contributed by atoms with E-state index in [1.807, 2.05) is 37.1 Å². The number of hydrogen-bond donors (Lipinski definition) is 2. The molecule has 1 fully saturated rings. The molecule has 0 saturated carbocycles. The molecule has 4 heterocycles. The number of carboxylic acids is 1. The lowest BCUT2D eigenvalue weighted by atomic mass is 9.95. The molecule has 2 N–H and O–H groups in total. The molecule has 3 aromatic heterocycles. The van der Waals surface area contributed by atoms with E-state index in [2.05, 4.69) is 21.6 Å². The quantitative estimate of drug-likeness (QED) is 0.744. The van der Waals surface area contributed by atoms with Crippen LogP contribution in [0.5, 0.6) is 0 Å². The molecule has 0 aliphatic carbocycles. The van der Waals surface area contributed by atoms with E-state index >= 15 is 0 Å². The third-order valence-corrected chi connectivity index (χ3v) is 5.09. The number of nitrogens with zero attached hydrogens (tertiary/aromatic N) is 5. The minimum Gasteiger partial charge on any atom is -0.480 e. The lowest BCUT2D eigenvalue weighted by Crippen LogP contribution is -2.35. The van der Waals surface area contributed by atoms with Gasteiger partial charge in [0.25, 0.3) is 0 Å². The Balaban J connectivity index is 1.71. The average molecular weight is 354 g/mol. The molecular formula is C18H22N6O2. The SMILES string of the molecule is Cc1cc(C2CCNC(C(=O)O)CC2)nc2c(-c3cnn(C)c3)cnn12. The van der Waals surface area contributed by atoms with Gasteiger partial charge in [0.2, 0.25) is 0 Å². The van der Waals surface area contributed by atoms with Crippen LogP contribution in [0.15, 0.2) is 24.7 Å². The third-order valence-electron chi connectivity index (χ3n) is 5.09. The number of aliphatic carboxylic acids is 1. The summed E-state index contributed by atoms with van der Waals surface area (Å²) in [4.78, 5) is 16.2. The van der Waals surface area contributed by atoms with Crippen LogP contribution in [0.4, 0.5) is 0 Å². The summed E-state index contributed by atoms with van der Waals surface area (Å²) in [6.45, 7) is 2.70. The Kier molecular flexibility index (Phi) is 4.20. The molecule has 136 valence electrons. The zero-order valence-corrected chi connectivity index (χ0v) is 14.9. The van der Waals surface area contributed by atoms with E-state index in [0.717, 1.165) is 41.0 Å². The zero-order valence-electron chi connectivity index (χ0n) is 14.9. The maximum Gasteiger partial charge on any atom is 0.320 e. The first-order valence-electron chi connectivity index (χ1n) is 8.83. The van der Waals surface area contributed by atoms with Crippen molar-refractivity contribution in [2.75, 3.05) is 6.54 Å². The van der Waals surface area contributed by atoms with Crippen molar-refractivity contribution in [3.8, 4) is 11.1 Å². The van der Waals surface area contributed by atoms with Crippen LogP contribution in [-0.2, 0) is 11.8 Å². The molecular weight excluding hydrogens is 332 g/mol. The lowest BCUT2D eigenvalue weighted by molar-refractivity contribution is -0.139. The minimum atomic E-state index is -0.778. The van der Waals surface area contributed by atoms with E-state index in [0.29, 0.717) is 13.0 Å². The second-order valence-electron chi connectivity index (χ2n) is 6.93. The van der Waals surface area contributed by atoms with Gasteiger partial charge in [-0.3, -0.25) is 9.48 Å². The maximum atomic E-state index is 11.3. The Hall–Kier alpha value is -2.74. The Labute approximate surface area is 150 Å². The van der Waals surface area contributed by atoms with Crippen LogP contribution in [0.3, 0.4) is 0 Å². The van der Waals surface area contributed by atoms with Gasteiger partial charge in [-0.05, 0) is 38.8 Å². The van der Waals surface area contributed by atoms with E-state index in [1.165, 1.54) is 0 Å². The van der Waals surface area contributed by atoms with Crippen molar-refractivity contribution in [1.29, 1.82) is 0 Å². The summed E-state index contributed by atoms with van der Waals surface area (Å²) in [5.74, 6) is -0.535. The summed E-state index contributed by atoms with van der Waals surface area (Å²) in [5.41, 5.74) is 4.79. The lowest BCUT2D eigenvalue weighted by Gasteiger charge is -2.15. The molecule has 4 rings (SSSR count). The summed E-state index contributed by atoms with van der Waals surface area (Å²) >= 11 is 0. The standard InChI is InChI=1S/C18H22N6O2/c1-11-7-16(12-3-4-15(18(25)26)19-6-5-12)22-17-14(9-21-24(11)17)13-8-20-23(2)10-13/h7-10,12,15,19H,3-6H2,1-2H3,(H,25,26). The molecule has 3 aromatic rings. The number of carboxylic acid groups (broad SMARTS) is 1. The highest BCUT2D eigenvalue weighted by Gasteiger charge is 2.25. The van der Waals surface area contributed by atoms with Gasteiger partial charge in [0.15, 0.2) is 5.65 Å². The van der Waals surface area contributed by atoms with E-state index in [9.17, 15) is 9.90 Å². The molecule has 2 unspecified atom stereocenters. The predicted octanol–water partition coefficient (Wildman–Crippen LogP) is 1.75. The van der Waals surface area contributed by atoms with Gasteiger partial charge in [-0.1, -0.05) is 0 Å². The molecule has 8 heteroatoms. The van der Waals surface area contributed by atoms with Crippen molar-refractivity contribution in [2.24, 2.45) is 7.05 Å². The van der Waals surface area contributed by atoms with Crippen LogP contribution in [0.1, 0.15) is 36.6 Å². The van der Waals surface area contributed by atoms with E-state index in [1.54, 1.807) is 4.68 Å². The van der Waals surface area contributed by atoms with Gasteiger partial charge >= 0.3 is 5.97 Å². The monoisotopic (exact) mass is 354 g/mol. The van der Waals surface area contributed by atoms with Crippen LogP contribution in [0.2, 0.25) is 0 Å². The van der Waals surface area contributed by atoms with Gasteiger partial charge in [0.05, 0.1) is 12.4 Å². The largest absolute Gasteiger partial charge is 0.480 e. The number of aromatic nitrogens is 5. The van der Waals surface area contributed by atoms with E-state index in [4.69, 9.17) is 4.98 Å². The molecule has 1 aliphatic rings. The Morgan fingerprint density at radius 3 is 2.85 bits per heavy atom. The van der Waals surface area contributed by atoms with Crippen LogP contribution in [0, 0.1) is 6.92 Å². The summed E-state index contributed by atoms with van der Waals surface area (Å²) in [6, 6.07) is 1.60. The molecule has 0 radical (unpaired) electrons. The molecule has 0 spiro atoms. The van der Waals surface area contributed by atoms with Crippen molar-refractivity contribution >= 4 is 11.6 Å². The first-order valence-corrected chi connectivity index (χ1v) is 8.83. The van der Waals surface area contributed by atoms with Gasteiger partial charge in [-0.15, -0.1) is 0 Å². The Morgan fingerprint density at radius 2 is 2.12 bits per heavy atom. The van der Waals surface area contributed by atoms with Crippen molar-refractivity contribution in [2.45, 2.75) is 38.1 Å². The fourth-order valence-electron chi connectivity index (χ4n) is 3.66. The number of nitrogens with one attached hydrogen (secondary N) is 1. The van der Waals surface area contributed by atoms with Crippen molar-refractivity contribution in [3.05, 3.63) is 36.0 Å². The van der Waals surface area contributed by atoms with Crippen LogP contribution in [-0.4, -0.2) is 48.0 Å². The zero-order chi connectivity index (χ0) is 18.3. The van der Waals surface area contributed by atoms with Crippen molar-refractivity contribution < 1.29 is 9.90 Å². The highest BCUT2D eigenvalue weighted by Crippen LogP contribution is 2.30. The number of aryl methyl sites for hydroxylation is 2. The van der Waals surface area contributed by atoms with Gasteiger partial charge < -0.3 is 10.4 Å². The normalized spacial score (nSPS) is 21.0. The maximum absolute atomic E-state index is 11.3. The van der Waals surface area contributed by atoms with Crippen LogP contribution < -0.4 is 5.32 Å². The van der Waals surface area contributed by atoms with Crippen LogP contribution in [0.25, 0.3) is 16.8 Å². The fraction of sp³-hybridized carbons (Fsp3) is 0.444. The molecule has 26 heavy (non-hydrogen) atoms. The van der Waals surface area contributed by atoms with Gasteiger partial charge in [0.1, 0.15) is 6.04 Å². The molecule has 0 bridgehead atoms. The average Bonchev–Trinajstić information content (AvgIpc) is 3.13. The highest BCUT2D eigenvalue weighted by molar-refractivity contribution is 5.76. The summed E-state index contributed by atoms with van der Waals surface area (Å²) < 4.78 is 3.61. The van der Waals surface area contributed by atoms with Gasteiger partial charge in [0, 0.05) is 41.7 Å². The number of fused-ring (bicyclic) bond motifs is 1. The molecule has 1 aliphatic heterocycles. The van der Waals surface area contributed by atoms with Crippen LogP contribution >= 0.6 is 0 Å². The Morgan fingerprint density at radius 1 is 1.27 bits per heavy atom. The summed E-state index contributed by atoms with van der Waals surface area (Å²) in [7, 11) is 1.89. The van der Waals surface area contributed by atoms with Gasteiger partial charge in [-0.25, -0.2) is 9.50 Å². The van der Waals surface area contributed by atoms with Gasteiger partial charge in [-0.2, -0.15) is 10.2 Å². The van der Waals surface area contributed by atoms with E-state index in [-0.39, 0.29) is 5.92 Å². The van der Waals surface area contributed by atoms with E-state index < -0.39 is 12.0 Å². The minimum absolute atomic E-state index is 0.243. The number of carbonyl (C=O) groups is 1. The summed E-state index contributed by atoms with van der Waals surface area (Å²) in [5, 5.41) is 21.1. The first-order chi connectivity index (χ1) is 12.5. The molecule has 2 atom stereocenters. The predicted molar refractivity (Wildman–Crippen MR) is 95.9 cm³/mol. The van der Waals surface area contributed by atoms with Crippen molar-refractivity contribution in [3.63, 3.8) is 0 Å². The third kappa shape index (κ3) is 2.96. The van der Waals surface area contributed by atoms with Crippen molar-refractivity contribution in [1.82, 2.24) is 29.7 Å².